The van der Waals surface area contributed by atoms with Crippen molar-refractivity contribution in [3.8, 4) is 11.8 Å². The second-order valence-electron chi connectivity index (χ2n) is 10.2. The van der Waals surface area contributed by atoms with Crippen LogP contribution in [0.4, 0.5) is 20.4 Å². The number of hydrogen-bond acceptors (Lipinski definition) is 16. The Bertz CT molecular complexity index is 1750. The molecule has 2 fully saturated rings. The standard InChI is InChI=1S/C24H24F2N10O8P2S2/c25-13-17(43-45(39)47)11(5-37)41-23(13)35-9-33-15-19(29-7-31-21(15)35)27-3-1-2-4-28-20-16-22(32-8-30-20)36(10-34-16)24-14(26)18(44-46(40)48)12(6-38)42-24/h7-14,17-18,23-24,37-38H,3-6H2,(H2-2,27,28,29,30,31,32,39,40,47,48)/p+2/t11-,12?,13-,14-,17?,18-,23-,24?/m1/s1. The SMILES string of the molecule is O=[P+](S)OC1[C@@H](F)[C@H](n2cnc3c(NCC#CCNc4ncnc5c4ncn5C4OC(CO)[C@@H](O[P+](=O)S)[C@H]4F)ncnc32)O[C@@H]1CO. The van der Waals surface area contributed by atoms with Gasteiger partial charge in [-0.05, 0) is 9.13 Å². The largest absolute Gasteiger partial charge is 0.582 e. The molecule has 24 heteroatoms. The highest BCUT2D eigenvalue weighted by atomic mass is 32.7. The van der Waals surface area contributed by atoms with Crippen molar-refractivity contribution in [3.63, 3.8) is 0 Å². The fraction of sp³-hybridized carbons (Fsp3) is 0.500. The lowest BCUT2D eigenvalue weighted by atomic mass is 10.1. The zero-order valence-corrected chi connectivity index (χ0v) is 27.8. The van der Waals surface area contributed by atoms with Gasteiger partial charge in [0, 0.05) is 0 Å². The Hall–Kier alpha value is -3.22. The fourth-order valence-electron chi connectivity index (χ4n) is 5.31. The van der Waals surface area contributed by atoms with E-state index in [0.717, 1.165) is 0 Å². The molecule has 254 valence electrons. The van der Waals surface area contributed by atoms with Crippen LogP contribution in [0.3, 0.4) is 0 Å². The molecule has 18 nitrogen and oxygen atoms in total. The summed E-state index contributed by atoms with van der Waals surface area (Å²) < 4.78 is 77.3. The normalized spacial score (nSPS) is 27.6. The average molecular weight is 747 g/mol. The number of halogens is 2. The van der Waals surface area contributed by atoms with Crippen LogP contribution in [-0.4, -0.2) is 112 Å². The zero-order chi connectivity index (χ0) is 33.9. The number of nitrogens with zero attached hydrogens (tertiary/aromatic N) is 8. The van der Waals surface area contributed by atoms with Gasteiger partial charge in [-0.25, -0.2) is 38.7 Å². The van der Waals surface area contributed by atoms with Crippen molar-refractivity contribution in [1.82, 2.24) is 39.0 Å². The molecule has 10 atom stereocenters. The van der Waals surface area contributed by atoms with Crippen molar-refractivity contribution in [1.29, 1.82) is 0 Å². The van der Waals surface area contributed by atoms with Gasteiger partial charge in [-0.1, -0.05) is 11.8 Å². The van der Waals surface area contributed by atoms with E-state index < -0.39 is 76.9 Å². The molecule has 0 saturated carbocycles. The number of aliphatic hydroxyl groups is 2. The number of aromatic nitrogens is 8. The van der Waals surface area contributed by atoms with E-state index in [1.807, 2.05) is 0 Å². The Balaban J connectivity index is 1.08. The molecule has 0 bridgehead atoms. The van der Waals surface area contributed by atoms with Gasteiger partial charge in [0.15, 0.2) is 71.0 Å². The van der Waals surface area contributed by atoms with Crippen LogP contribution in [0.1, 0.15) is 12.5 Å². The van der Waals surface area contributed by atoms with E-state index >= 15 is 8.78 Å². The molecule has 0 radical (unpaired) electrons. The topological polar surface area (TPSA) is 223 Å². The summed E-state index contributed by atoms with van der Waals surface area (Å²) in [5, 5.41) is 25.2. The van der Waals surface area contributed by atoms with Crippen molar-refractivity contribution >= 4 is 72.9 Å². The second-order valence-corrected chi connectivity index (χ2v) is 13.5. The first-order valence-corrected chi connectivity index (χ1v) is 18.6. The lowest BCUT2D eigenvalue weighted by Gasteiger charge is -2.15. The summed E-state index contributed by atoms with van der Waals surface area (Å²) in [4.78, 5) is 25.3. The summed E-state index contributed by atoms with van der Waals surface area (Å²) in [6.45, 7) is -0.848. The molecule has 4 aromatic heterocycles. The quantitative estimate of drug-likeness (QED) is 0.0692. The Kier molecular flexibility index (Phi) is 10.9. The molecule has 0 amide bonds. The summed E-state index contributed by atoms with van der Waals surface area (Å²) in [5.74, 6) is 6.48. The molecule has 4 aromatic rings. The number of imidazole rings is 2. The third-order valence-corrected chi connectivity index (χ3v) is 8.81. The fourth-order valence-corrected chi connectivity index (χ4v) is 6.88. The van der Waals surface area contributed by atoms with Crippen LogP contribution in [0.25, 0.3) is 22.3 Å². The molecule has 5 unspecified atom stereocenters. The molecule has 0 spiro atoms. The summed E-state index contributed by atoms with van der Waals surface area (Å²) in [5.41, 5.74) is 1.09. The summed E-state index contributed by atoms with van der Waals surface area (Å²) in [6.07, 6.45) is -5.74. The van der Waals surface area contributed by atoms with E-state index in [9.17, 15) is 19.3 Å². The van der Waals surface area contributed by atoms with Crippen molar-refractivity contribution in [2.75, 3.05) is 36.9 Å². The van der Waals surface area contributed by atoms with Gasteiger partial charge in [-0.3, -0.25) is 9.13 Å². The highest BCUT2D eigenvalue weighted by Crippen LogP contribution is 2.42. The van der Waals surface area contributed by atoms with Gasteiger partial charge in [0.1, 0.15) is 49.4 Å². The minimum absolute atomic E-state index is 0.141. The van der Waals surface area contributed by atoms with Crippen LogP contribution < -0.4 is 10.6 Å². The lowest BCUT2D eigenvalue weighted by molar-refractivity contribution is -0.0427. The smallest absolute Gasteiger partial charge is 0.394 e. The van der Waals surface area contributed by atoms with Gasteiger partial charge in [0.25, 0.3) is 0 Å². The molecule has 4 N–H and O–H groups in total. The molecular weight excluding hydrogens is 720 g/mol. The van der Waals surface area contributed by atoms with Gasteiger partial charge in [-0.2, -0.15) is 0 Å². The van der Waals surface area contributed by atoms with Crippen molar-refractivity contribution in [2.45, 2.75) is 49.2 Å². The summed E-state index contributed by atoms with van der Waals surface area (Å²) in [7, 11) is -4.88. The molecule has 2 saturated heterocycles. The van der Waals surface area contributed by atoms with Crippen LogP contribution in [-0.2, 0) is 27.7 Å². The van der Waals surface area contributed by atoms with Crippen molar-refractivity contribution in [3.05, 3.63) is 25.3 Å². The number of hydrogen-bond donors (Lipinski definition) is 6. The minimum Gasteiger partial charge on any atom is -0.394 e. The van der Waals surface area contributed by atoms with Crippen LogP contribution in [0.5, 0.6) is 0 Å². The van der Waals surface area contributed by atoms with Gasteiger partial charge >= 0.3 is 14.5 Å². The predicted octanol–water partition coefficient (Wildman–Crippen LogP) is 1.89. The number of thiol groups is 2. The van der Waals surface area contributed by atoms with Gasteiger partial charge in [-0.15, -0.1) is 9.05 Å². The van der Waals surface area contributed by atoms with Crippen LogP contribution in [0.2, 0.25) is 0 Å². The van der Waals surface area contributed by atoms with E-state index in [0.29, 0.717) is 22.7 Å². The number of aliphatic hydroxyl groups excluding tert-OH is 2. The first kappa shape index (κ1) is 34.6. The van der Waals surface area contributed by atoms with Crippen LogP contribution >= 0.6 is 39.0 Å². The van der Waals surface area contributed by atoms with E-state index in [1.165, 1.54) is 34.4 Å². The number of ether oxygens (including phenoxy) is 2. The molecule has 0 aromatic carbocycles. The Morgan fingerprint density at radius 1 is 0.771 bits per heavy atom. The molecule has 6 heterocycles. The Labute approximate surface area is 281 Å². The first-order chi connectivity index (χ1) is 23.2. The highest BCUT2D eigenvalue weighted by molar-refractivity contribution is 8.39. The van der Waals surface area contributed by atoms with E-state index in [1.54, 1.807) is 0 Å². The predicted molar refractivity (Wildman–Crippen MR) is 170 cm³/mol. The number of fused-ring (bicyclic) bond motifs is 2. The van der Waals surface area contributed by atoms with Gasteiger partial charge in [0.2, 0.25) is 0 Å². The first-order valence-electron chi connectivity index (χ1n) is 14.0. The molecule has 2 aliphatic rings. The maximum absolute atomic E-state index is 15.2. The Morgan fingerprint density at radius 3 is 1.56 bits per heavy atom. The lowest BCUT2D eigenvalue weighted by Crippen LogP contribution is -2.31. The zero-order valence-electron chi connectivity index (χ0n) is 24.2. The van der Waals surface area contributed by atoms with Crippen LogP contribution in [0, 0.1) is 11.8 Å². The maximum atomic E-state index is 15.2. The van der Waals surface area contributed by atoms with E-state index in [2.05, 4.69) is 76.9 Å². The molecule has 2 aliphatic heterocycles. The summed E-state index contributed by atoms with van der Waals surface area (Å²) in [6, 6.07) is 0. The number of rotatable bonds is 12. The number of anilines is 2. The third kappa shape index (κ3) is 6.93. The van der Waals surface area contributed by atoms with Gasteiger partial charge < -0.3 is 30.3 Å². The number of alkyl halides is 2. The average Bonchev–Trinajstić information content (AvgIpc) is 3.83. The highest BCUT2D eigenvalue weighted by Gasteiger charge is 2.52. The molecule has 48 heavy (non-hydrogen) atoms. The summed E-state index contributed by atoms with van der Waals surface area (Å²) >= 11 is 7.33. The van der Waals surface area contributed by atoms with Crippen molar-refractivity contribution < 1.29 is 46.6 Å². The van der Waals surface area contributed by atoms with E-state index in [-0.39, 0.29) is 24.4 Å². The molecular formula is C24H26F2N10O8P2S2+2. The monoisotopic (exact) mass is 746 g/mol. The van der Waals surface area contributed by atoms with Crippen LogP contribution in [0.15, 0.2) is 25.3 Å². The minimum atomic E-state index is -2.44. The molecule has 6 rings (SSSR count). The Morgan fingerprint density at radius 2 is 1.19 bits per heavy atom. The van der Waals surface area contributed by atoms with Gasteiger partial charge in [0.05, 0.1) is 39.0 Å². The number of nitrogens with one attached hydrogen (secondary N) is 2. The molecule has 0 aliphatic carbocycles. The second kappa shape index (κ2) is 15.1. The van der Waals surface area contributed by atoms with E-state index in [4.69, 9.17) is 18.5 Å². The third-order valence-electron chi connectivity index (χ3n) is 7.40. The maximum Gasteiger partial charge on any atom is 0.582 e. The van der Waals surface area contributed by atoms with Crippen molar-refractivity contribution in [2.24, 2.45) is 0 Å².